The zero-order valence-corrected chi connectivity index (χ0v) is 9.78. The van der Waals surface area contributed by atoms with Gasteiger partial charge in [-0.15, -0.1) is 0 Å². The first-order valence-electron chi connectivity index (χ1n) is 5.15. The fraction of sp³-hybridized carbons (Fsp3) is 0.167. The first-order chi connectivity index (χ1) is 8.25. The highest BCUT2D eigenvalue weighted by Gasteiger charge is 2.02. The van der Waals surface area contributed by atoms with Gasteiger partial charge in [0.25, 0.3) is 0 Å². The van der Waals surface area contributed by atoms with Crippen molar-refractivity contribution in [3.8, 4) is 0 Å². The Bertz CT molecular complexity index is 490. The molecule has 5 heteroatoms. The summed E-state index contributed by atoms with van der Waals surface area (Å²) in [6.45, 7) is 1.09. The van der Waals surface area contributed by atoms with E-state index in [0.717, 1.165) is 11.3 Å². The zero-order valence-electron chi connectivity index (χ0n) is 9.03. The number of rotatable bonds is 4. The maximum absolute atomic E-state index is 13.0. The Hall–Kier alpha value is -1.52. The molecular weight excluding hydrogens is 241 g/mol. The SMILES string of the molecule is Fc1ccc(Cl)c(CNCc2ccncn2)c1. The molecule has 0 aliphatic carbocycles. The molecule has 0 unspecified atom stereocenters. The van der Waals surface area contributed by atoms with E-state index in [1.807, 2.05) is 6.07 Å². The summed E-state index contributed by atoms with van der Waals surface area (Å²) >= 11 is 5.95. The van der Waals surface area contributed by atoms with Crippen molar-refractivity contribution < 1.29 is 4.39 Å². The van der Waals surface area contributed by atoms with Crippen LogP contribution in [0, 0.1) is 5.82 Å². The summed E-state index contributed by atoms with van der Waals surface area (Å²) in [6.07, 6.45) is 3.17. The molecule has 0 saturated carbocycles. The van der Waals surface area contributed by atoms with Crippen LogP contribution in [0.1, 0.15) is 11.3 Å². The van der Waals surface area contributed by atoms with E-state index in [2.05, 4.69) is 15.3 Å². The minimum atomic E-state index is -0.284. The number of halogens is 2. The van der Waals surface area contributed by atoms with Crippen LogP contribution < -0.4 is 5.32 Å². The largest absolute Gasteiger partial charge is 0.307 e. The van der Waals surface area contributed by atoms with Crippen LogP contribution in [0.5, 0.6) is 0 Å². The van der Waals surface area contributed by atoms with E-state index in [0.29, 0.717) is 18.1 Å². The highest BCUT2D eigenvalue weighted by atomic mass is 35.5. The van der Waals surface area contributed by atoms with E-state index in [4.69, 9.17) is 11.6 Å². The van der Waals surface area contributed by atoms with Crippen LogP contribution in [0.25, 0.3) is 0 Å². The van der Waals surface area contributed by atoms with Gasteiger partial charge in [0, 0.05) is 24.3 Å². The number of aromatic nitrogens is 2. The molecule has 0 bridgehead atoms. The molecule has 3 nitrogen and oxygen atoms in total. The van der Waals surface area contributed by atoms with Crippen LogP contribution in [0.15, 0.2) is 36.8 Å². The van der Waals surface area contributed by atoms with E-state index in [1.54, 1.807) is 12.3 Å². The molecule has 0 saturated heterocycles. The fourth-order valence-corrected chi connectivity index (χ4v) is 1.61. The molecule has 1 aromatic heterocycles. The quantitative estimate of drug-likeness (QED) is 0.908. The minimum Gasteiger partial charge on any atom is -0.307 e. The normalized spacial score (nSPS) is 10.5. The van der Waals surface area contributed by atoms with E-state index in [-0.39, 0.29) is 5.82 Å². The maximum Gasteiger partial charge on any atom is 0.123 e. The Kier molecular flexibility index (Phi) is 4.01. The van der Waals surface area contributed by atoms with Crippen molar-refractivity contribution in [2.75, 3.05) is 0 Å². The number of nitrogens with one attached hydrogen (secondary N) is 1. The van der Waals surface area contributed by atoms with Gasteiger partial charge in [-0.05, 0) is 29.8 Å². The fourth-order valence-electron chi connectivity index (χ4n) is 1.43. The summed E-state index contributed by atoms with van der Waals surface area (Å²) in [7, 11) is 0. The second kappa shape index (κ2) is 5.70. The van der Waals surface area contributed by atoms with Gasteiger partial charge in [0.05, 0.1) is 5.69 Å². The van der Waals surface area contributed by atoms with Gasteiger partial charge >= 0.3 is 0 Å². The van der Waals surface area contributed by atoms with E-state index in [1.165, 1.54) is 18.5 Å². The molecule has 0 radical (unpaired) electrons. The number of hydrogen-bond acceptors (Lipinski definition) is 3. The second-order valence-electron chi connectivity index (χ2n) is 3.54. The van der Waals surface area contributed by atoms with Crippen molar-refractivity contribution in [3.63, 3.8) is 0 Å². The van der Waals surface area contributed by atoms with Crippen molar-refractivity contribution in [1.29, 1.82) is 0 Å². The zero-order chi connectivity index (χ0) is 12.1. The average Bonchev–Trinajstić information content (AvgIpc) is 2.35. The first-order valence-corrected chi connectivity index (χ1v) is 5.53. The summed E-state index contributed by atoms with van der Waals surface area (Å²) < 4.78 is 13.0. The Morgan fingerprint density at radius 1 is 1.24 bits per heavy atom. The summed E-state index contributed by atoms with van der Waals surface area (Å²) in [5, 5.41) is 3.70. The van der Waals surface area contributed by atoms with Gasteiger partial charge < -0.3 is 5.32 Å². The Balaban J connectivity index is 1.92. The second-order valence-corrected chi connectivity index (χ2v) is 3.95. The molecule has 1 N–H and O–H groups in total. The minimum absolute atomic E-state index is 0.284. The highest BCUT2D eigenvalue weighted by molar-refractivity contribution is 6.31. The molecular formula is C12H11ClFN3. The summed E-state index contributed by atoms with van der Waals surface area (Å²) in [6, 6.07) is 6.14. The summed E-state index contributed by atoms with van der Waals surface area (Å²) in [5.41, 5.74) is 1.62. The van der Waals surface area contributed by atoms with Gasteiger partial charge in [-0.25, -0.2) is 14.4 Å². The summed E-state index contributed by atoms with van der Waals surface area (Å²) in [5.74, 6) is -0.284. The molecule has 0 fully saturated rings. The third-order valence-electron chi connectivity index (χ3n) is 2.27. The predicted octanol–water partition coefficient (Wildman–Crippen LogP) is 2.56. The van der Waals surface area contributed by atoms with E-state index >= 15 is 0 Å². The van der Waals surface area contributed by atoms with Crippen molar-refractivity contribution in [3.05, 3.63) is 58.9 Å². The number of nitrogens with zero attached hydrogens (tertiary/aromatic N) is 2. The highest BCUT2D eigenvalue weighted by Crippen LogP contribution is 2.16. The monoisotopic (exact) mass is 251 g/mol. The van der Waals surface area contributed by atoms with Gasteiger partial charge in [0.2, 0.25) is 0 Å². The molecule has 0 amide bonds. The van der Waals surface area contributed by atoms with Crippen LogP contribution in [0.3, 0.4) is 0 Å². The van der Waals surface area contributed by atoms with Crippen LogP contribution in [0.2, 0.25) is 5.02 Å². The van der Waals surface area contributed by atoms with Crippen LogP contribution in [-0.2, 0) is 13.1 Å². The maximum atomic E-state index is 13.0. The third kappa shape index (κ3) is 3.47. The van der Waals surface area contributed by atoms with Gasteiger partial charge in [-0.3, -0.25) is 0 Å². The number of benzene rings is 1. The van der Waals surface area contributed by atoms with Crippen molar-refractivity contribution >= 4 is 11.6 Å². The summed E-state index contributed by atoms with van der Waals surface area (Å²) in [4.78, 5) is 7.90. The lowest BCUT2D eigenvalue weighted by atomic mass is 10.2. The average molecular weight is 252 g/mol. The van der Waals surface area contributed by atoms with Crippen LogP contribution >= 0.6 is 11.6 Å². The lowest BCUT2D eigenvalue weighted by Crippen LogP contribution is -2.14. The van der Waals surface area contributed by atoms with Gasteiger partial charge in [-0.2, -0.15) is 0 Å². The van der Waals surface area contributed by atoms with Crippen molar-refractivity contribution in [2.45, 2.75) is 13.1 Å². The molecule has 2 rings (SSSR count). The molecule has 1 aromatic carbocycles. The third-order valence-corrected chi connectivity index (χ3v) is 2.64. The Morgan fingerprint density at radius 2 is 2.12 bits per heavy atom. The molecule has 88 valence electrons. The van der Waals surface area contributed by atoms with Crippen molar-refractivity contribution in [1.82, 2.24) is 15.3 Å². The lowest BCUT2D eigenvalue weighted by Gasteiger charge is -2.06. The van der Waals surface area contributed by atoms with Gasteiger partial charge in [-0.1, -0.05) is 11.6 Å². The first kappa shape index (κ1) is 12.0. The molecule has 0 aliphatic rings. The topological polar surface area (TPSA) is 37.8 Å². The lowest BCUT2D eigenvalue weighted by molar-refractivity contribution is 0.619. The standard InChI is InChI=1S/C12H11ClFN3/c13-12-2-1-10(14)5-9(12)6-16-7-11-3-4-15-8-17-11/h1-5,8,16H,6-7H2. The predicted molar refractivity (Wildman–Crippen MR) is 64.0 cm³/mol. The smallest absolute Gasteiger partial charge is 0.123 e. The molecule has 0 atom stereocenters. The van der Waals surface area contributed by atoms with E-state index < -0.39 is 0 Å². The molecule has 17 heavy (non-hydrogen) atoms. The van der Waals surface area contributed by atoms with Crippen LogP contribution in [-0.4, -0.2) is 9.97 Å². The Labute approximate surface area is 104 Å². The van der Waals surface area contributed by atoms with E-state index in [9.17, 15) is 4.39 Å². The molecule has 0 aliphatic heterocycles. The van der Waals surface area contributed by atoms with Crippen LogP contribution in [0.4, 0.5) is 4.39 Å². The van der Waals surface area contributed by atoms with Gasteiger partial charge in [0.1, 0.15) is 12.1 Å². The van der Waals surface area contributed by atoms with Gasteiger partial charge in [0.15, 0.2) is 0 Å². The molecule has 0 spiro atoms. The Morgan fingerprint density at radius 3 is 2.88 bits per heavy atom. The molecule has 2 aromatic rings. The van der Waals surface area contributed by atoms with Crippen molar-refractivity contribution in [2.24, 2.45) is 0 Å². The molecule has 1 heterocycles. The number of hydrogen-bond donors (Lipinski definition) is 1.